The number of methoxy groups -OCH3 is 1. The number of rotatable bonds is 5. The number of benzene rings is 1. The maximum absolute atomic E-state index is 6.00. The fraction of sp³-hybridized carbons (Fsp3) is 0.312. The molecule has 0 amide bonds. The van der Waals surface area contributed by atoms with E-state index in [2.05, 4.69) is 24.0 Å². The van der Waals surface area contributed by atoms with Gasteiger partial charge >= 0.3 is 0 Å². The predicted molar refractivity (Wildman–Crippen MR) is 77.3 cm³/mol. The van der Waals surface area contributed by atoms with Crippen molar-refractivity contribution in [2.75, 3.05) is 13.7 Å². The zero-order valence-electron chi connectivity index (χ0n) is 11.5. The van der Waals surface area contributed by atoms with Crippen molar-refractivity contribution in [1.29, 1.82) is 0 Å². The summed E-state index contributed by atoms with van der Waals surface area (Å²) in [5.74, 6) is 0.862. The molecule has 2 N–H and O–H groups in total. The summed E-state index contributed by atoms with van der Waals surface area (Å²) in [4.78, 5) is 4.39. The van der Waals surface area contributed by atoms with Gasteiger partial charge in [-0.2, -0.15) is 0 Å². The average molecular weight is 256 g/mol. The molecule has 0 aliphatic rings. The van der Waals surface area contributed by atoms with Gasteiger partial charge in [0.1, 0.15) is 5.75 Å². The van der Waals surface area contributed by atoms with Gasteiger partial charge in [0.2, 0.25) is 0 Å². The molecule has 3 heteroatoms. The van der Waals surface area contributed by atoms with Gasteiger partial charge < -0.3 is 10.5 Å². The molecule has 3 nitrogen and oxygen atoms in total. The lowest BCUT2D eigenvalue weighted by Crippen LogP contribution is -2.34. The third kappa shape index (κ3) is 3.12. The number of nitrogens with two attached hydrogens (primary N) is 1. The van der Waals surface area contributed by atoms with Crippen LogP contribution in [0.1, 0.15) is 18.2 Å². The van der Waals surface area contributed by atoms with Crippen LogP contribution >= 0.6 is 0 Å². The van der Waals surface area contributed by atoms with E-state index in [4.69, 9.17) is 10.5 Å². The Labute approximate surface area is 114 Å². The number of hydrogen-bond donors (Lipinski definition) is 1. The first kappa shape index (κ1) is 13.6. The second kappa shape index (κ2) is 5.85. The zero-order chi connectivity index (χ0) is 13.7. The van der Waals surface area contributed by atoms with Crippen LogP contribution in [0, 0.1) is 0 Å². The second-order valence-corrected chi connectivity index (χ2v) is 4.99. The molecular weight excluding hydrogens is 236 g/mol. The smallest absolute Gasteiger partial charge is 0.118 e. The predicted octanol–water partition coefficient (Wildman–Crippen LogP) is 2.55. The maximum Gasteiger partial charge on any atom is 0.118 e. The molecular formula is C16H20N2O. The minimum Gasteiger partial charge on any atom is -0.497 e. The highest BCUT2D eigenvalue weighted by Gasteiger charge is 2.26. The summed E-state index contributed by atoms with van der Waals surface area (Å²) in [7, 11) is 1.67. The monoisotopic (exact) mass is 256 g/mol. The quantitative estimate of drug-likeness (QED) is 0.894. The molecule has 100 valence electrons. The van der Waals surface area contributed by atoms with Crippen LogP contribution in [0.3, 0.4) is 0 Å². The fourth-order valence-corrected chi connectivity index (χ4v) is 2.19. The molecule has 19 heavy (non-hydrogen) atoms. The Hall–Kier alpha value is -1.87. The van der Waals surface area contributed by atoms with Gasteiger partial charge in [-0.05, 0) is 29.8 Å². The Balaban J connectivity index is 2.25. The van der Waals surface area contributed by atoms with E-state index in [-0.39, 0.29) is 5.41 Å². The van der Waals surface area contributed by atoms with Crippen molar-refractivity contribution in [1.82, 2.24) is 4.98 Å². The van der Waals surface area contributed by atoms with Gasteiger partial charge in [-0.1, -0.05) is 25.1 Å². The van der Waals surface area contributed by atoms with Crippen LogP contribution in [0.25, 0.3) is 0 Å². The van der Waals surface area contributed by atoms with Crippen LogP contribution in [0.5, 0.6) is 5.75 Å². The van der Waals surface area contributed by atoms with Gasteiger partial charge in [-0.15, -0.1) is 0 Å². The maximum atomic E-state index is 6.00. The normalized spacial score (nSPS) is 13.8. The van der Waals surface area contributed by atoms with Crippen LogP contribution in [0.2, 0.25) is 0 Å². The van der Waals surface area contributed by atoms with Crippen molar-refractivity contribution in [3.8, 4) is 5.75 Å². The van der Waals surface area contributed by atoms with Crippen LogP contribution in [0.15, 0.2) is 48.7 Å². The van der Waals surface area contributed by atoms with Crippen LogP contribution in [-0.2, 0) is 11.8 Å². The van der Waals surface area contributed by atoms with E-state index in [0.717, 1.165) is 17.9 Å². The largest absolute Gasteiger partial charge is 0.497 e. The molecule has 2 rings (SSSR count). The summed E-state index contributed by atoms with van der Waals surface area (Å²) in [5, 5.41) is 0. The number of ether oxygens (including phenoxy) is 1. The van der Waals surface area contributed by atoms with E-state index in [1.165, 1.54) is 5.56 Å². The topological polar surface area (TPSA) is 48.1 Å². The summed E-state index contributed by atoms with van der Waals surface area (Å²) >= 11 is 0. The zero-order valence-corrected chi connectivity index (χ0v) is 11.5. The Morgan fingerprint density at radius 2 is 1.89 bits per heavy atom. The number of nitrogens with zero attached hydrogens (tertiary/aromatic N) is 1. The fourth-order valence-electron chi connectivity index (χ4n) is 2.19. The summed E-state index contributed by atoms with van der Waals surface area (Å²) in [6.07, 6.45) is 2.65. The summed E-state index contributed by atoms with van der Waals surface area (Å²) in [5.41, 5.74) is 8.16. The van der Waals surface area contributed by atoms with E-state index < -0.39 is 0 Å². The average Bonchev–Trinajstić information content (AvgIpc) is 2.48. The molecule has 0 saturated heterocycles. The molecule has 0 aliphatic carbocycles. The van der Waals surface area contributed by atoms with E-state index in [1.54, 1.807) is 7.11 Å². The highest BCUT2D eigenvalue weighted by atomic mass is 16.5. The molecule has 1 atom stereocenters. The van der Waals surface area contributed by atoms with Gasteiger partial charge in [0.15, 0.2) is 0 Å². The van der Waals surface area contributed by atoms with Crippen molar-refractivity contribution in [2.45, 2.75) is 18.8 Å². The van der Waals surface area contributed by atoms with Crippen molar-refractivity contribution in [2.24, 2.45) is 5.73 Å². The van der Waals surface area contributed by atoms with Gasteiger partial charge in [-0.25, -0.2) is 0 Å². The molecule has 2 aromatic rings. The number of hydrogen-bond acceptors (Lipinski definition) is 3. The highest BCUT2D eigenvalue weighted by molar-refractivity contribution is 5.33. The molecule has 0 bridgehead atoms. The van der Waals surface area contributed by atoms with E-state index in [1.807, 2.05) is 36.5 Å². The lowest BCUT2D eigenvalue weighted by atomic mass is 9.78. The van der Waals surface area contributed by atoms with Crippen LogP contribution in [0.4, 0.5) is 0 Å². The first-order valence-corrected chi connectivity index (χ1v) is 6.42. The number of aromatic nitrogens is 1. The molecule has 1 unspecified atom stereocenters. The third-order valence-electron chi connectivity index (χ3n) is 3.53. The molecule has 1 aromatic carbocycles. The lowest BCUT2D eigenvalue weighted by Gasteiger charge is -2.28. The molecule has 0 fully saturated rings. The molecule has 0 spiro atoms. The van der Waals surface area contributed by atoms with Crippen molar-refractivity contribution >= 4 is 0 Å². The Bertz CT molecular complexity index is 510. The minimum atomic E-state index is -0.110. The molecule has 1 heterocycles. The first-order chi connectivity index (χ1) is 9.18. The third-order valence-corrected chi connectivity index (χ3v) is 3.53. The summed E-state index contributed by atoms with van der Waals surface area (Å²) in [6.45, 7) is 2.75. The van der Waals surface area contributed by atoms with E-state index in [9.17, 15) is 0 Å². The lowest BCUT2D eigenvalue weighted by molar-refractivity contribution is 0.413. The van der Waals surface area contributed by atoms with Crippen molar-refractivity contribution in [3.05, 3.63) is 59.9 Å². The minimum absolute atomic E-state index is 0.110. The Kier molecular flexibility index (Phi) is 4.17. The van der Waals surface area contributed by atoms with Gasteiger partial charge in [0, 0.05) is 30.3 Å². The van der Waals surface area contributed by atoms with Crippen LogP contribution < -0.4 is 10.5 Å². The van der Waals surface area contributed by atoms with E-state index in [0.29, 0.717) is 6.54 Å². The summed E-state index contributed by atoms with van der Waals surface area (Å²) in [6, 6.07) is 14.1. The molecule has 0 radical (unpaired) electrons. The Morgan fingerprint density at radius 3 is 2.42 bits per heavy atom. The number of pyridine rings is 1. The Morgan fingerprint density at radius 1 is 1.16 bits per heavy atom. The van der Waals surface area contributed by atoms with Crippen LogP contribution in [-0.4, -0.2) is 18.6 Å². The standard InChI is InChI=1S/C16H20N2O/c1-16(12-17,11-14-5-3-4-10-18-14)13-6-8-15(19-2)9-7-13/h3-10H,11-12,17H2,1-2H3. The molecule has 0 saturated carbocycles. The highest BCUT2D eigenvalue weighted by Crippen LogP contribution is 2.28. The molecule has 1 aromatic heterocycles. The van der Waals surface area contributed by atoms with Gasteiger partial charge in [-0.3, -0.25) is 4.98 Å². The first-order valence-electron chi connectivity index (χ1n) is 6.42. The SMILES string of the molecule is COc1ccc(C(C)(CN)Cc2ccccn2)cc1. The van der Waals surface area contributed by atoms with Gasteiger partial charge in [0.05, 0.1) is 7.11 Å². The second-order valence-electron chi connectivity index (χ2n) is 4.99. The van der Waals surface area contributed by atoms with E-state index >= 15 is 0 Å². The van der Waals surface area contributed by atoms with Gasteiger partial charge in [0.25, 0.3) is 0 Å². The van der Waals surface area contributed by atoms with Crippen molar-refractivity contribution < 1.29 is 4.74 Å². The molecule has 0 aliphatic heterocycles. The summed E-state index contributed by atoms with van der Waals surface area (Å²) < 4.78 is 5.19. The van der Waals surface area contributed by atoms with Crippen molar-refractivity contribution in [3.63, 3.8) is 0 Å².